The Kier molecular flexibility index (Phi) is 9.17. The average Bonchev–Trinajstić information content (AvgIpc) is 2.94. The average molecular weight is 520 g/mol. The molecular weight excluding hydrogens is 478 g/mol. The van der Waals surface area contributed by atoms with Crippen LogP contribution in [0.5, 0.6) is 0 Å². The number of piperazine rings is 1. The summed E-state index contributed by atoms with van der Waals surface area (Å²) in [5.74, 6) is -0.553. The highest BCUT2D eigenvalue weighted by molar-refractivity contribution is 5.93. The predicted octanol–water partition coefficient (Wildman–Crippen LogP) is 2.03. The number of nitrogens with one attached hydrogen (secondary N) is 2. The van der Waals surface area contributed by atoms with Gasteiger partial charge in [0.05, 0.1) is 6.04 Å². The van der Waals surface area contributed by atoms with Gasteiger partial charge < -0.3 is 20.4 Å². The Morgan fingerprint density at radius 1 is 0.921 bits per heavy atom. The number of hydrogen-bond acceptors (Lipinski definition) is 5. The number of fused-ring (bicyclic) bond motifs is 1. The third-order valence-corrected chi connectivity index (χ3v) is 7.78. The summed E-state index contributed by atoms with van der Waals surface area (Å²) in [5, 5.41) is 5.87. The molecule has 4 rings (SSSR count). The van der Waals surface area contributed by atoms with Crippen LogP contribution < -0.4 is 10.6 Å². The lowest BCUT2D eigenvalue weighted by atomic mass is 9.97. The van der Waals surface area contributed by atoms with Crippen molar-refractivity contribution in [1.82, 2.24) is 25.3 Å². The maximum atomic E-state index is 14.1. The predicted molar refractivity (Wildman–Crippen MR) is 148 cm³/mol. The Balaban J connectivity index is 1.56. The van der Waals surface area contributed by atoms with Crippen molar-refractivity contribution < 1.29 is 14.4 Å². The molecule has 0 radical (unpaired) electrons. The molecule has 2 heterocycles. The van der Waals surface area contributed by atoms with Crippen LogP contribution in [-0.4, -0.2) is 83.8 Å². The van der Waals surface area contributed by atoms with E-state index < -0.39 is 18.1 Å². The van der Waals surface area contributed by atoms with Crippen molar-refractivity contribution in [1.29, 1.82) is 0 Å². The van der Waals surface area contributed by atoms with Crippen LogP contribution >= 0.6 is 0 Å². The molecule has 0 spiro atoms. The fourth-order valence-corrected chi connectivity index (χ4v) is 5.30. The van der Waals surface area contributed by atoms with Crippen LogP contribution in [0.1, 0.15) is 37.5 Å². The van der Waals surface area contributed by atoms with Crippen molar-refractivity contribution in [2.45, 2.75) is 58.4 Å². The number of amides is 3. The van der Waals surface area contributed by atoms with E-state index in [0.717, 1.165) is 18.5 Å². The zero-order chi connectivity index (χ0) is 27.2. The summed E-state index contributed by atoms with van der Waals surface area (Å²) in [7, 11) is 1.72. The molecule has 0 aromatic heterocycles. The van der Waals surface area contributed by atoms with Gasteiger partial charge in [0.25, 0.3) is 0 Å². The minimum atomic E-state index is -0.698. The van der Waals surface area contributed by atoms with Gasteiger partial charge in [-0.05, 0) is 43.0 Å². The molecule has 8 nitrogen and oxygen atoms in total. The molecule has 204 valence electrons. The maximum Gasteiger partial charge on any atom is 0.247 e. The minimum Gasteiger partial charge on any atom is -0.343 e. The summed E-state index contributed by atoms with van der Waals surface area (Å²) in [4.78, 5) is 46.6. The van der Waals surface area contributed by atoms with E-state index in [0.29, 0.717) is 32.7 Å². The van der Waals surface area contributed by atoms with E-state index in [-0.39, 0.29) is 23.6 Å². The first-order valence-corrected chi connectivity index (χ1v) is 13.7. The van der Waals surface area contributed by atoms with Crippen LogP contribution in [0.3, 0.4) is 0 Å². The summed E-state index contributed by atoms with van der Waals surface area (Å²) < 4.78 is 0. The molecule has 3 amide bonds. The van der Waals surface area contributed by atoms with Gasteiger partial charge in [0.2, 0.25) is 17.7 Å². The summed E-state index contributed by atoms with van der Waals surface area (Å²) in [5.41, 5.74) is 3.62. The van der Waals surface area contributed by atoms with Crippen LogP contribution in [-0.2, 0) is 33.9 Å². The van der Waals surface area contributed by atoms with Gasteiger partial charge in [0, 0.05) is 39.3 Å². The third kappa shape index (κ3) is 6.42. The van der Waals surface area contributed by atoms with Gasteiger partial charge in [0.15, 0.2) is 0 Å². The van der Waals surface area contributed by atoms with E-state index in [1.54, 1.807) is 18.9 Å². The number of rotatable bonds is 8. The second-order valence-electron chi connectivity index (χ2n) is 10.8. The van der Waals surface area contributed by atoms with Crippen molar-refractivity contribution in [3.8, 4) is 0 Å². The van der Waals surface area contributed by atoms with Gasteiger partial charge in [0.1, 0.15) is 12.1 Å². The molecule has 1 fully saturated rings. The normalized spacial score (nSPS) is 19.6. The smallest absolute Gasteiger partial charge is 0.247 e. The molecule has 2 aliphatic heterocycles. The first-order chi connectivity index (χ1) is 18.3. The molecule has 0 bridgehead atoms. The number of nitrogens with zero attached hydrogens (tertiary/aromatic N) is 3. The van der Waals surface area contributed by atoms with Crippen molar-refractivity contribution in [3.05, 3.63) is 71.3 Å². The molecule has 2 N–H and O–H groups in total. The molecular formula is C30H41N5O3. The first kappa shape index (κ1) is 27.8. The third-order valence-electron chi connectivity index (χ3n) is 7.78. The highest BCUT2D eigenvalue weighted by Gasteiger charge is 2.41. The van der Waals surface area contributed by atoms with E-state index in [1.807, 2.05) is 49.1 Å². The Hall–Kier alpha value is -3.23. The Labute approximate surface area is 226 Å². The van der Waals surface area contributed by atoms with E-state index in [4.69, 9.17) is 0 Å². The first-order valence-electron chi connectivity index (χ1n) is 13.7. The minimum absolute atomic E-state index is 0.0250. The lowest BCUT2D eigenvalue weighted by Crippen LogP contribution is -2.65. The highest BCUT2D eigenvalue weighted by Crippen LogP contribution is 2.23. The van der Waals surface area contributed by atoms with Crippen molar-refractivity contribution >= 4 is 17.7 Å². The van der Waals surface area contributed by atoms with Gasteiger partial charge in [-0.25, -0.2) is 0 Å². The molecule has 38 heavy (non-hydrogen) atoms. The molecule has 0 aliphatic carbocycles. The zero-order valence-electron chi connectivity index (χ0n) is 23.0. The fraction of sp³-hybridized carbons (Fsp3) is 0.500. The number of hydrogen-bond donors (Lipinski definition) is 2. The van der Waals surface area contributed by atoms with Crippen molar-refractivity contribution in [2.75, 3.05) is 33.2 Å². The van der Waals surface area contributed by atoms with Crippen LogP contribution in [0.25, 0.3) is 0 Å². The van der Waals surface area contributed by atoms with Gasteiger partial charge in [-0.1, -0.05) is 68.4 Å². The maximum absolute atomic E-state index is 14.1. The molecule has 2 aliphatic rings. The topological polar surface area (TPSA) is 85.0 Å². The largest absolute Gasteiger partial charge is 0.343 e. The highest BCUT2D eigenvalue weighted by atomic mass is 16.2. The van der Waals surface area contributed by atoms with Crippen LogP contribution in [0.4, 0.5) is 0 Å². The van der Waals surface area contributed by atoms with Gasteiger partial charge in [-0.15, -0.1) is 0 Å². The molecule has 1 saturated heterocycles. The Morgan fingerprint density at radius 2 is 1.61 bits per heavy atom. The van der Waals surface area contributed by atoms with E-state index >= 15 is 0 Å². The fourth-order valence-electron chi connectivity index (χ4n) is 5.30. The standard InChI is InChI=1S/C30H41N5O3/c1-21(2)27(32-28(36)22(3)31-4)30(38)35-17-16-33(18-23-10-6-5-7-11-23)20-26(35)29(37)34-15-14-24-12-8-9-13-25(24)19-34/h5-13,21-22,26-27,31H,14-20H2,1-4H3,(H,32,36)/t22?,26?,27-/m0/s1. The van der Waals surface area contributed by atoms with Gasteiger partial charge >= 0.3 is 0 Å². The zero-order valence-corrected chi connectivity index (χ0v) is 23.0. The number of likely N-dealkylation sites (N-methyl/N-ethyl adjacent to an activating group) is 1. The van der Waals surface area contributed by atoms with Crippen LogP contribution in [0.15, 0.2) is 54.6 Å². The summed E-state index contributed by atoms with van der Waals surface area (Å²) in [6, 6.07) is 16.7. The van der Waals surface area contributed by atoms with E-state index in [9.17, 15) is 14.4 Å². The molecule has 3 atom stereocenters. The van der Waals surface area contributed by atoms with Crippen LogP contribution in [0.2, 0.25) is 0 Å². The second-order valence-corrected chi connectivity index (χ2v) is 10.8. The van der Waals surface area contributed by atoms with Crippen LogP contribution in [0, 0.1) is 5.92 Å². The van der Waals surface area contributed by atoms with Crippen molar-refractivity contribution in [2.24, 2.45) is 5.92 Å². The van der Waals surface area contributed by atoms with Crippen molar-refractivity contribution in [3.63, 3.8) is 0 Å². The molecule has 2 aromatic rings. The SMILES string of the molecule is CNC(C)C(=O)N[C@H](C(=O)N1CCN(Cc2ccccc2)CC1C(=O)N1CCc2ccccc2C1)C(C)C. The second kappa shape index (κ2) is 12.5. The molecule has 2 aromatic carbocycles. The summed E-state index contributed by atoms with van der Waals surface area (Å²) >= 11 is 0. The van der Waals surface area contributed by atoms with Gasteiger partial charge in [-0.2, -0.15) is 0 Å². The number of carbonyl (C=O) groups excluding carboxylic acids is 3. The Bertz CT molecular complexity index is 1120. The number of carbonyl (C=O) groups is 3. The molecule has 2 unspecified atom stereocenters. The quantitative estimate of drug-likeness (QED) is 0.558. The number of benzene rings is 2. The lowest BCUT2D eigenvalue weighted by molar-refractivity contribution is -0.152. The summed E-state index contributed by atoms with van der Waals surface area (Å²) in [6.45, 7) is 9.09. The monoisotopic (exact) mass is 519 g/mol. The van der Waals surface area contributed by atoms with E-state index in [1.165, 1.54) is 11.1 Å². The molecule has 0 saturated carbocycles. The lowest BCUT2D eigenvalue weighted by Gasteiger charge is -2.44. The summed E-state index contributed by atoms with van der Waals surface area (Å²) in [6.07, 6.45) is 0.808. The van der Waals surface area contributed by atoms with E-state index in [2.05, 4.69) is 39.8 Å². The molecule has 8 heteroatoms. The Morgan fingerprint density at radius 3 is 2.29 bits per heavy atom. The van der Waals surface area contributed by atoms with Gasteiger partial charge in [-0.3, -0.25) is 19.3 Å².